The Balaban J connectivity index is 1.76. The summed E-state index contributed by atoms with van der Waals surface area (Å²) in [4.78, 5) is 23.1. The van der Waals surface area contributed by atoms with Crippen molar-refractivity contribution < 1.29 is 18.7 Å². The zero-order chi connectivity index (χ0) is 16.5. The molecule has 1 heterocycles. The van der Waals surface area contributed by atoms with Crippen LogP contribution in [-0.2, 0) is 20.7 Å². The average Bonchev–Trinajstić information content (AvgIpc) is 3.06. The molecule has 1 aromatic heterocycles. The Labute approximate surface area is 133 Å². The van der Waals surface area contributed by atoms with E-state index in [4.69, 9.17) is 14.4 Å². The number of carbonyl (C=O) groups is 2. The van der Waals surface area contributed by atoms with E-state index in [-0.39, 0.29) is 6.61 Å². The first-order chi connectivity index (χ1) is 11.2. The third-order valence-corrected chi connectivity index (χ3v) is 2.79. The van der Waals surface area contributed by atoms with Gasteiger partial charge in [0.05, 0.1) is 18.8 Å². The highest BCUT2D eigenvalue weighted by Crippen LogP contribution is 2.09. The highest BCUT2D eigenvalue weighted by Gasteiger charge is 2.06. The highest BCUT2D eigenvalue weighted by atomic mass is 16.5. The van der Waals surface area contributed by atoms with Crippen LogP contribution in [0.5, 0.6) is 0 Å². The van der Waals surface area contributed by atoms with Gasteiger partial charge in [-0.2, -0.15) is 5.26 Å². The van der Waals surface area contributed by atoms with E-state index in [2.05, 4.69) is 5.32 Å². The lowest BCUT2D eigenvalue weighted by Crippen LogP contribution is -2.20. The van der Waals surface area contributed by atoms with Crippen LogP contribution in [0.2, 0.25) is 0 Å². The van der Waals surface area contributed by atoms with Gasteiger partial charge >= 0.3 is 5.97 Å². The van der Waals surface area contributed by atoms with Gasteiger partial charge in [0, 0.05) is 11.8 Å². The molecule has 2 aromatic rings. The number of carbonyl (C=O) groups excluding carboxylic acids is 2. The van der Waals surface area contributed by atoms with Crippen LogP contribution >= 0.6 is 0 Å². The Hall–Kier alpha value is -3.33. The molecule has 0 saturated heterocycles. The minimum absolute atomic E-state index is 0.313. The van der Waals surface area contributed by atoms with Crippen molar-refractivity contribution in [1.29, 1.82) is 5.26 Å². The monoisotopic (exact) mass is 310 g/mol. The summed E-state index contributed by atoms with van der Waals surface area (Å²) < 4.78 is 9.84. The second-order valence-electron chi connectivity index (χ2n) is 4.54. The van der Waals surface area contributed by atoms with E-state index in [0.29, 0.717) is 17.9 Å². The Bertz CT molecular complexity index is 725. The largest absolute Gasteiger partial charge is 0.465 e. The molecule has 0 aliphatic heterocycles. The fourth-order valence-electron chi connectivity index (χ4n) is 1.72. The molecule has 1 amide bonds. The predicted octanol–water partition coefficient (Wildman–Crippen LogP) is 2.54. The first-order valence-corrected chi connectivity index (χ1v) is 6.81. The van der Waals surface area contributed by atoms with Crippen molar-refractivity contribution in [3.63, 3.8) is 0 Å². The summed E-state index contributed by atoms with van der Waals surface area (Å²) in [6.45, 7) is -0.388. The van der Waals surface area contributed by atoms with Crippen molar-refractivity contribution in [2.45, 2.75) is 6.42 Å². The van der Waals surface area contributed by atoms with E-state index in [0.717, 1.165) is 5.56 Å². The van der Waals surface area contributed by atoms with Crippen LogP contribution in [0.1, 0.15) is 11.3 Å². The molecule has 1 aromatic carbocycles. The van der Waals surface area contributed by atoms with Crippen molar-refractivity contribution in [2.75, 3.05) is 11.9 Å². The number of rotatable bonds is 6. The molecule has 0 saturated carbocycles. The molecule has 116 valence electrons. The second kappa shape index (κ2) is 8.20. The Morgan fingerprint density at radius 3 is 2.70 bits per heavy atom. The van der Waals surface area contributed by atoms with Crippen LogP contribution in [0.25, 0.3) is 6.08 Å². The molecule has 0 bridgehead atoms. The van der Waals surface area contributed by atoms with Crippen LogP contribution in [-0.4, -0.2) is 18.5 Å². The number of furan rings is 1. The minimum Gasteiger partial charge on any atom is -0.465 e. The molecule has 6 nitrogen and oxygen atoms in total. The van der Waals surface area contributed by atoms with E-state index >= 15 is 0 Å². The number of anilines is 1. The van der Waals surface area contributed by atoms with Crippen LogP contribution in [0, 0.1) is 11.3 Å². The number of hydrogen-bond acceptors (Lipinski definition) is 5. The van der Waals surface area contributed by atoms with Crippen LogP contribution in [0.15, 0.2) is 53.2 Å². The number of nitrogens with zero attached hydrogens (tertiary/aromatic N) is 1. The van der Waals surface area contributed by atoms with Gasteiger partial charge in [0.2, 0.25) is 0 Å². The molecule has 0 radical (unpaired) electrons. The molecular formula is C17H14N2O4. The van der Waals surface area contributed by atoms with E-state index in [9.17, 15) is 9.59 Å². The fraction of sp³-hybridized carbons (Fsp3) is 0.118. The SMILES string of the molecule is N#CCc1ccc(NC(=O)COC(=O)/C=C/c2ccco2)cc1. The summed E-state index contributed by atoms with van der Waals surface area (Å²) in [6.07, 6.45) is 4.44. The van der Waals surface area contributed by atoms with Crippen LogP contribution in [0.4, 0.5) is 5.69 Å². The van der Waals surface area contributed by atoms with Gasteiger partial charge in [-0.3, -0.25) is 4.79 Å². The Kier molecular flexibility index (Phi) is 5.72. The number of esters is 1. The number of nitriles is 1. The molecule has 6 heteroatoms. The number of ether oxygens (including phenoxy) is 1. The lowest BCUT2D eigenvalue weighted by molar-refractivity contribution is -0.142. The number of hydrogen-bond donors (Lipinski definition) is 1. The maximum atomic E-state index is 11.7. The fourth-order valence-corrected chi connectivity index (χ4v) is 1.72. The molecule has 0 unspecified atom stereocenters. The number of nitrogens with one attached hydrogen (secondary N) is 1. The zero-order valence-electron chi connectivity index (χ0n) is 12.2. The van der Waals surface area contributed by atoms with E-state index in [1.807, 2.05) is 6.07 Å². The topological polar surface area (TPSA) is 92.3 Å². The third kappa shape index (κ3) is 5.52. The average molecular weight is 310 g/mol. The summed E-state index contributed by atoms with van der Waals surface area (Å²) in [5.41, 5.74) is 1.43. The zero-order valence-corrected chi connectivity index (χ0v) is 12.2. The second-order valence-corrected chi connectivity index (χ2v) is 4.54. The Morgan fingerprint density at radius 1 is 1.26 bits per heavy atom. The van der Waals surface area contributed by atoms with Gasteiger partial charge in [-0.05, 0) is 35.9 Å². The molecule has 2 rings (SSSR count). The van der Waals surface area contributed by atoms with E-state index in [1.54, 1.807) is 36.4 Å². The summed E-state index contributed by atoms with van der Waals surface area (Å²) >= 11 is 0. The molecule has 0 atom stereocenters. The van der Waals surface area contributed by atoms with Gasteiger partial charge in [0.1, 0.15) is 5.76 Å². The van der Waals surface area contributed by atoms with Crippen molar-refractivity contribution in [3.8, 4) is 6.07 Å². The standard InChI is InChI=1S/C17H14N2O4/c18-10-9-13-3-5-14(6-4-13)19-16(20)12-23-17(21)8-7-15-2-1-11-22-15/h1-8,11H,9,12H2,(H,19,20)/b8-7+. The number of amides is 1. The summed E-state index contributed by atoms with van der Waals surface area (Å²) in [6, 6.07) is 12.3. The lowest BCUT2D eigenvalue weighted by atomic mass is 10.1. The lowest BCUT2D eigenvalue weighted by Gasteiger charge is -2.05. The van der Waals surface area contributed by atoms with Gasteiger partial charge in [0.15, 0.2) is 6.61 Å². The molecule has 1 N–H and O–H groups in total. The maximum Gasteiger partial charge on any atom is 0.331 e. The van der Waals surface area contributed by atoms with Crippen molar-refractivity contribution in [1.82, 2.24) is 0 Å². The maximum absolute atomic E-state index is 11.7. The van der Waals surface area contributed by atoms with E-state index in [1.165, 1.54) is 18.4 Å². The van der Waals surface area contributed by atoms with E-state index < -0.39 is 11.9 Å². The minimum atomic E-state index is -0.638. The van der Waals surface area contributed by atoms with Gasteiger partial charge in [-0.1, -0.05) is 12.1 Å². The predicted molar refractivity (Wildman–Crippen MR) is 83.1 cm³/mol. The highest BCUT2D eigenvalue weighted by molar-refractivity contribution is 5.94. The normalized spacial score (nSPS) is 10.2. The molecular weight excluding hydrogens is 296 g/mol. The first-order valence-electron chi connectivity index (χ1n) is 6.81. The molecule has 0 aliphatic rings. The first kappa shape index (κ1) is 16.0. The summed E-state index contributed by atoms with van der Waals surface area (Å²) in [5.74, 6) is -0.567. The van der Waals surface area contributed by atoms with Gasteiger partial charge < -0.3 is 14.5 Å². The van der Waals surface area contributed by atoms with Crippen molar-refractivity contribution in [2.24, 2.45) is 0 Å². The van der Waals surface area contributed by atoms with Gasteiger partial charge in [-0.15, -0.1) is 0 Å². The molecule has 23 heavy (non-hydrogen) atoms. The summed E-state index contributed by atoms with van der Waals surface area (Å²) in [5, 5.41) is 11.2. The van der Waals surface area contributed by atoms with Crippen molar-refractivity contribution >= 4 is 23.6 Å². The molecule has 0 aliphatic carbocycles. The van der Waals surface area contributed by atoms with Crippen LogP contribution in [0.3, 0.4) is 0 Å². The Morgan fingerprint density at radius 2 is 2.04 bits per heavy atom. The van der Waals surface area contributed by atoms with Gasteiger partial charge in [0.25, 0.3) is 5.91 Å². The van der Waals surface area contributed by atoms with Crippen molar-refractivity contribution in [3.05, 3.63) is 60.1 Å². The summed E-state index contributed by atoms with van der Waals surface area (Å²) in [7, 11) is 0. The van der Waals surface area contributed by atoms with Crippen LogP contribution < -0.4 is 5.32 Å². The molecule has 0 fully saturated rings. The quantitative estimate of drug-likeness (QED) is 0.654. The number of benzene rings is 1. The van der Waals surface area contributed by atoms with Gasteiger partial charge in [-0.25, -0.2) is 4.79 Å². The third-order valence-electron chi connectivity index (χ3n) is 2.79. The smallest absolute Gasteiger partial charge is 0.331 e. The molecule has 0 spiro atoms.